The molecule has 1 aliphatic carbocycles. The highest BCUT2D eigenvalue weighted by Gasteiger charge is 2.44. The lowest BCUT2D eigenvalue weighted by Crippen LogP contribution is -2.53. The lowest BCUT2D eigenvalue weighted by Gasteiger charge is -2.37. The SMILES string of the molecule is CCNC(=NCC1(c2ccc(F)cc2)CC1)N1CCN(c2ccccn2)CC1. The molecule has 1 aliphatic heterocycles. The summed E-state index contributed by atoms with van der Waals surface area (Å²) >= 11 is 0. The summed E-state index contributed by atoms with van der Waals surface area (Å²) in [7, 11) is 0. The minimum atomic E-state index is -0.179. The van der Waals surface area contributed by atoms with Crippen molar-refractivity contribution in [2.75, 3.05) is 44.2 Å². The Hall–Kier alpha value is -2.63. The fourth-order valence-electron chi connectivity index (χ4n) is 3.83. The van der Waals surface area contributed by atoms with Crippen LogP contribution in [-0.4, -0.2) is 55.1 Å². The molecule has 2 fully saturated rings. The Morgan fingerprint density at radius 1 is 1.11 bits per heavy atom. The average molecular weight is 381 g/mol. The maximum Gasteiger partial charge on any atom is 0.194 e. The zero-order valence-corrected chi connectivity index (χ0v) is 16.4. The zero-order chi connectivity index (χ0) is 19.4. The number of aromatic nitrogens is 1. The van der Waals surface area contributed by atoms with Gasteiger partial charge in [0.05, 0.1) is 6.54 Å². The van der Waals surface area contributed by atoms with Crippen LogP contribution >= 0.6 is 0 Å². The molecule has 6 heteroatoms. The molecule has 1 aromatic heterocycles. The third kappa shape index (κ3) is 4.11. The summed E-state index contributed by atoms with van der Waals surface area (Å²) in [5, 5.41) is 3.45. The Morgan fingerprint density at radius 3 is 2.46 bits per heavy atom. The molecule has 1 aromatic carbocycles. The van der Waals surface area contributed by atoms with Crippen molar-refractivity contribution in [3.05, 3.63) is 60.0 Å². The number of pyridine rings is 1. The van der Waals surface area contributed by atoms with E-state index in [-0.39, 0.29) is 11.2 Å². The van der Waals surface area contributed by atoms with Crippen LogP contribution in [-0.2, 0) is 5.41 Å². The molecule has 0 unspecified atom stereocenters. The molecule has 1 saturated carbocycles. The first-order valence-electron chi connectivity index (χ1n) is 10.2. The Labute approximate surface area is 166 Å². The third-order valence-corrected chi connectivity index (χ3v) is 5.73. The molecule has 28 heavy (non-hydrogen) atoms. The molecule has 2 aromatic rings. The fourth-order valence-corrected chi connectivity index (χ4v) is 3.83. The van der Waals surface area contributed by atoms with Gasteiger partial charge in [0, 0.05) is 44.3 Å². The topological polar surface area (TPSA) is 43.8 Å². The Morgan fingerprint density at radius 2 is 1.86 bits per heavy atom. The average Bonchev–Trinajstić information content (AvgIpc) is 3.53. The Balaban J connectivity index is 1.41. The van der Waals surface area contributed by atoms with Crippen LogP contribution < -0.4 is 10.2 Å². The molecular weight excluding hydrogens is 353 g/mol. The summed E-state index contributed by atoms with van der Waals surface area (Å²) in [6.45, 7) is 7.42. The van der Waals surface area contributed by atoms with Crippen LogP contribution in [0.2, 0.25) is 0 Å². The predicted molar refractivity (Wildman–Crippen MR) is 111 cm³/mol. The smallest absolute Gasteiger partial charge is 0.194 e. The van der Waals surface area contributed by atoms with Crippen molar-refractivity contribution in [3.63, 3.8) is 0 Å². The van der Waals surface area contributed by atoms with Crippen molar-refractivity contribution in [2.24, 2.45) is 4.99 Å². The second kappa shape index (κ2) is 8.17. The van der Waals surface area contributed by atoms with E-state index in [1.165, 1.54) is 5.56 Å². The number of nitrogens with one attached hydrogen (secondary N) is 1. The molecule has 0 spiro atoms. The molecule has 2 aliphatic rings. The third-order valence-electron chi connectivity index (χ3n) is 5.73. The van der Waals surface area contributed by atoms with Crippen LogP contribution in [0.5, 0.6) is 0 Å². The van der Waals surface area contributed by atoms with E-state index in [4.69, 9.17) is 4.99 Å². The van der Waals surface area contributed by atoms with Crippen LogP contribution in [0.1, 0.15) is 25.3 Å². The highest BCUT2D eigenvalue weighted by molar-refractivity contribution is 5.80. The lowest BCUT2D eigenvalue weighted by atomic mass is 9.96. The summed E-state index contributed by atoms with van der Waals surface area (Å²) in [5.74, 6) is 1.84. The largest absolute Gasteiger partial charge is 0.357 e. The minimum absolute atomic E-state index is 0.0875. The van der Waals surface area contributed by atoms with Crippen LogP contribution in [0.25, 0.3) is 0 Å². The van der Waals surface area contributed by atoms with Crippen molar-refractivity contribution in [2.45, 2.75) is 25.2 Å². The number of nitrogens with zero attached hydrogens (tertiary/aromatic N) is 4. The number of aliphatic imine (C=N–C) groups is 1. The van der Waals surface area contributed by atoms with Gasteiger partial charge in [-0.05, 0) is 49.6 Å². The normalized spacial score (nSPS) is 18.9. The van der Waals surface area contributed by atoms with Gasteiger partial charge in [0.25, 0.3) is 0 Å². The summed E-state index contributed by atoms with van der Waals surface area (Å²) in [6.07, 6.45) is 4.09. The fraction of sp³-hybridized carbons (Fsp3) is 0.455. The zero-order valence-electron chi connectivity index (χ0n) is 16.4. The quantitative estimate of drug-likeness (QED) is 0.639. The number of hydrogen-bond acceptors (Lipinski definition) is 3. The van der Waals surface area contributed by atoms with Gasteiger partial charge in [0.1, 0.15) is 11.6 Å². The van der Waals surface area contributed by atoms with Gasteiger partial charge >= 0.3 is 0 Å². The summed E-state index contributed by atoms with van der Waals surface area (Å²) in [4.78, 5) is 14.1. The number of piperazine rings is 1. The molecule has 0 amide bonds. The van der Waals surface area contributed by atoms with Crippen LogP contribution in [0.15, 0.2) is 53.7 Å². The first kappa shape index (κ1) is 18.7. The van der Waals surface area contributed by atoms with E-state index in [0.717, 1.165) is 63.9 Å². The van der Waals surface area contributed by atoms with E-state index in [9.17, 15) is 4.39 Å². The van der Waals surface area contributed by atoms with Gasteiger partial charge in [-0.15, -0.1) is 0 Å². The highest BCUT2D eigenvalue weighted by atomic mass is 19.1. The molecule has 0 radical (unpaired) electrons. The highest BCUT2D eigenvalue weighted by Crippen LogP contribution is 2.48. The number of rotatable bonds is 5. The molecule has 0 bridgehead atoms. The molecule has 4 rings (SSSR count). The van der Waals surface area contributed by atoms with Crippen molar-refractivity contribution >= 4 is 11.8 Å². The molecule has 1 N–H and O–H groups in total. The van der Waals surface area contributed by atoms with Crippen LogP contribution in [0, 0.1) is 5.82 Å². The number of benzene rings is 1. The molecule has 5 nitrogen and oxygen atoms in total. The van der Waals surface area contributed by atoms with Crippen molar-refractivity contribution < 1.29 is 4.39 Å². The maximum atomic E-state index is 13.3. The standard InChI is InChI=1S/C22H28FN5/c1-2-24-21(26-17-22(10-11-22)18-6-8-19(23)9-7-18)28-15-13-27(14-16-28)20-5-3-4-12-25-20/h3-9,12H,2,10-11,13-17H2,1H3,(H,24,26). The van der Waals surface area contributed by atoms with Crippen LogP contribution in [0.3, 0.4) is 0 Å². The second-order valence-electron chi connectivity index (χ2n) is 7.62. The maximum absolute atomic E-state index is 13.3. The van der Waals surface area contributed by atoms with Gasteiger partial charge in [0.15, 0.2) is 5.96 Å². The van der Waals surface area contributed by atoms with Gasteiger partial charge in [0.2, 0.25) is 0 Å². The van der Waals surface area contributed by atoms with E-state index < -0.39 is 0 Å². The monoisotopic (exact) mass is 381 g/mol. The summed E-state index contributed by atoms with van der Waals surface area (Å²) in [6, 6.07) is 13.0. The van der Waals surface area contributed by atoms with E-state index in [0.29, 0.717) is 0 Å². The van der Waals surface area contributed by atoms with Gasteiger partial charge in [-0.1, -0.05) is 18.2 Å². The summed E-state index contributed by atoms with van der Waals surface area (Å²) < 4.78 is 13.3. The van der Waals surface area contributed by atoms with Crippen molar-refractivity contribution in [3.8, 4) is 0 Å². The van der Waals surface area contributed by atoms with Gasteiger partial charge in [-0.2, -0.15) is 0 Å². The van der Waals surface area contributed by atoms with Gasteiger partial charge in [-0.3, -0.25) is 4.99 Å². The lowest BCUT2D eigenvalue weighted by molar-refractivity contribution is 0.371. The van der Waals surface area contributed by atoms with Crippen molar-refractivity contribution in [1.82, 2.24) is 15.2 Å². The minimum Gasteiger partial charge on any atom is -0.357 e. The number of guanidine groups is 1. The number of hydrogen-bond donors (Lipinski definition) is 1. The summed E-state index contributed by atoms with van der Waals surface area (Å²) in [5.41, 5.74) is 1.29. The van der Waals surface area contributed by atoms with Gasteiger partial charge < -0.3 is 15.1 Å². The molecular formula is C22H28FN5. The van der Waals surface area contributed by atoms with E-state index >= 15 is 0 Å². The van der Waals surface area contributed by atoms with E-state index in [1.807, 2.05) is 30.5 Å². The first-order valence-corrected chi connectivity index (χ1v) is 10.2. The van der Waals surface area contributed by atoms with Crippen LogP contribution in [0.4, 0.5) is 10.2 Å². The molecule has 2 heterocycles. The van der Waals surface area contributed by atoms with Gasteiger partial charge in [-0.25, -0.2) is 9.37 Å². The number of anilines is 1. The van der Waals surface area contributed by atoms with E-state index in [2.05, 4.69) is 33.1 Å². The predicted octanol–water partition coefficient (Wildman–Crippen LogP) is 3.04. The molecule has 0 atom stereocenters. The van der Waals surface area contributed by atoms with E-state index in [1.54, 1.807) is 12.1 Å². The first-order chi connectivity index (χ1) is 13.7. The molecule has 148 valence electrons. The Kier molecular flexibility index (Phi) is 5.46. The Bertz CT molecular complexity index is 793. The number of halogens is 1. The van der Waals surface area contributed by atoms with Crippen molar-refractivity contribution in [1.29, 1.82) is 0 Å². The molecule has 1 saturated heterocycles. The second-order valence-corrected chi connectivity index (χ2v) is 7.62.